The molecule has 8 heteroatoms. The second-order valence-electron chi connectivity index (χ2n) is 5.37. The molecule has 132 valence electrons. The Hall–Kier alpha value is -2.41. The third kappa shape index (κ3) is 4.22. The van der Waals surface area contributed by atoms with E-state index >= 15 is 0 Å². The molecule has 3 rings (SSSR count). The molecule has 1 saturated heterocycles. The molecule has 0 bridgehead atoms. The minimum absolute atomic E-state index is 0.0127. The zero-order valence-electron chi connectivity index (χ0n) is 13.2. The summed E-state index contributed by atoms with van der Waals surface area (Å²) in [5.74, 6) is -0.601. The van der Waals surface area contributed by atoms with E-state index in [1.54, 1.807) is 42.5 Å². The summed E-state index contributed by atoms with van der Waals surface area (Å²) in [5.41, 5.74) is 1.37. The molecule has 0 atom stereocenters. The van der Waals surface area contributed by atoms with Crippen LogP contribution in [0.1, 0.15) is 11.1 Å². The lowest BCUT2D eigenvalue weighted by atomic mass is 10.1. The predicted octanol–water partition coefficient (Wildman–Crippen LogP) is 3.49. The highest BCUT2D eigenvalue weighted by Crippen LogP contribution is 2.25. The van der Waals surface area contributed by atoms with Crippen LogP contribution < -0.4 is 15.4 Å². The highest BCUT2D eigenvalue weighted by Gasteiger charge is 2.26. The molecule has 1 heterocycles. The highest BCUT2D eigenvalue weighted by atomic mass is 35.5. The summed E-state index contributed by atoms with van der Waals surface area (Å²) in [7, 11) is 0. The fraction of sp³-hybridized carbons (Fsp3) is 0.0556. The number of carbonyl (C=O) groups excluding carboxylic acids is 2. The van der Waals surface area contributed by atoms with E-state index in [9.17, 15) is 9.59 Å². The van der Waals surface area contributed by atoms with E-state index in [0.29, 0.717) is 21.4 Å². The molecule has 5 nitrogen and oxygen atoms in total. The van der Waals surface area contributed by atoms with Crippen molar-refractivity contribution in [2.45, 2.75) is 6.61 Å². The van der Waals surface area contributed by atoms with Crippen LogP contribution in [0, 0.1) is 0 Å². The standard InChI is InChI=1S/C18H12Cl2N2O3S/c19-13-6-5-10(7-14(13)20)9-25-15-4-2-1-3-11(15)8-12-16(23)21-18(26)22-17(12)24/h1-8H,9H2,(H2,21,22,23,24,26). The summed E-state index contributed by atoms with van der Waals surface area (Å²) in [6, 6.07) is 12.3. The minimum Gasteiger partial charge on any atom is -0.488 e. The van der Waals surface area contributed by atoms with Crippen LogP contribution >= 0.6 is 35.4 Å². The average molecular weight is 407 g/mol. The van der Waals surface area contributed by atoms with Gasteiger partial charge in [0.1, 0.15) is 17.9 Å². The summed E-state index contributed by atoms with van der Waals surface area (Å²) in [6.45, 7) is 0.250. The van der Waals surface area contributed by atoms with Crippen LogP contribution in [0.15, 0.2) is 48.0 Å². The first-order valence-corrected chi connectivity index (χ1v) is 8.64. The number of thiocarbonyl (C=S) groups is 1. The van der Waals surface area contributed by atoms with Crippen LogP contribution in [0.4, 0.5) is 0 Å². The molecule has 0 spiro atoms. The molecule has 26 heavy (non-hydrogen) atoms. The molecule has 0 aromatic heterocycles. The highest BCUT2D eigenvalue weighted by molar-refractivity contribution is 7.80. The van der Waals surface area contributed by atoms with Gasteiger partial charge in [-0.1, -0.05) is 47.5 Å². The van der Waals surface area contributed by atoms with Gasteiger partial charge in [-0.15, -0.1) is 0 Å². The first-order valence-electron chi connectivity index (χ1n) is 7.48. The molecule has 0 unspecified atom stereocenters. The lowest BCUT2D eigenvalue weighted by molar-refractivity contribution is -0.123. The summed E-state index contributed by atoms with van der Waals surface area (Å²) in [5, 5.41) is 5.68. The molecule has 0 saturated carbocycles. The Bertz CT molecular complexity index is 922. The van der Waals surface area contributed by atoms with Crippen molar-refractivity contribution >= 4 is 58.4 Å². The van der Waals surface area contributed by atoms with Crippen molar-refractivity contribution in [1.29, 1.82) is 0 Å². The topological polar surface area (TPSA) is 67.4 Å². The van der Waals surface area contributed by atoms with Crippen molar-refractivity contribution in [3.05, 3.63) is 69.2 Å². The molecule has 1 fully saturated rings. The Balaban J connectivity index is 1.83. The molecular formula is C18H12Cl2N2O3S. The van der Waals surface area contributed by atoms with Crippen LogP contribution in [0.3, 0.4) is 0 Å². The predicted molar refractivity (Wildman–Crippen MR) is 104 cm³/mol. The minimum atomic E-state index is -0.557. The SMILES string of the molecule is O=C1NC(=S)NC(=O)C1=Cc1ccccc1OCc1ccc(Cl)c(Cl)c1. The number of para-hydroxylation sites is 1. The van der Waals surface area contributed by atoms with Crippen molar-refractivity contribution in [3.63, 3.8) is 0 Å². The van der Waals surface area contributed by atoms with Crippen LogP contribution in [0.5, 0.6) is 5.75 Å². The van der Waals surface area contributed by atoms with E-state index in [2.05, 4.69) is 10.6 Å². The van der Waals surface area contributed by atoms with Gasteiger partial charge < -0.3 is 4.74 Å². The van der Waals surface area contributed by atoms with Crippen molar-refractivity contribution < 1.29 is 14.3 Å². The number of hydrogen-bond donors (Lipinski definition) is 2. The van der Waals surface area contributed by atoms with Gasteiger partial charge in [0.15, 0.2) is 5.11 Å². The third-order valence-corrected chi connectivity index (χ3v) is 4.48. The van der Waals surface area contributed by atoms with Gasteiger partial charge in [0.25, 0.3) is 11.8 Å². The zero-order chi connectivity index (χ0) is 18.7. The number of hydrogen-bond acceptors (Lipinski definition) is 4. The maximum atomic E-state index is 12.0. The molecule has 2 N–H and O–H groups in total. The van der Waals surface area contributed by atoms with Crippen molar-refractivity contribution in [1.82, 2.24) is 10.6 Å². The Morgan fingerprint density at radius 1 is 1.00 bits per heavy atom. The van der Waals surface area contributed by atoms with E-state index in [0.717, 1.165) is 5.56 Å². The fourth-order valence-corrected chi connectivity index (χ4v) is 2.79. The van der Waals surface area contributed by atoms with Gasteiger partial charge in [-0.05, 0) is 42.1 Å². The maximum absolute atomic E-state index is 12.0. The van der Waals surface area contributed by atoms with Gasteiger partial charge in [-0.25, -0.2) is 0 Å². The Labute approximate surface area is 164 Å². The van der Waals surface area contributed by atoms with E-state index in [1.165, 1.54) is 6.08 Å². The molecule has 2 aromatic rings. The zero-order valence-corrected chi connectivity index (χ0v) is 15.5. The van der Waals surface area contributed by atoms with Crippen LogP contribution in [-0.2, 0) is 16.2 Å². The number of carbonyl (C=O) groups is 2. The monoisotopic (exact) mass is 406 g/mol. The van der Waals surface area contributed by atoms with Gasteiger partial charge in [0, 0.05) is 5.56 Å². The van der Waals surface area contributed by atoms with Crippen LogP contribution in [0.2, 0.25) is 10.0 Å². The lowest BCUT2D eigenvalue weighted by Crippen LogP contribution is -2.51. The smallest absolute Gasteiger partial charge is 0.263 e. The van der Waals surface area contributed by atoms with Crippen molar-refractivity contribution in [3.8, 4) is 5.75 Å². The summed E-state index contributed by atoms with van der Waals surface area (Å²) < 4.78 is 5.82. The summed E-state index contributed by atoms with van der Waals surface area (Å²) in [6.07, 6.45) is 1.45. The van der Waals surface area contributed by atoms with Gasteiger partial charge in [-0.2, -0.15) is 0 Å². The second kappa shape index (κ2) is 7.86. The summed E-state index contributed by atoms with van der Waals surface area (Å²) in [4.78, 5) is 24.0. The van der Waals surface area contributed by atoms with Gasteiger partial charge in [0.05, 0.1) is 10.0 Å². The third-order valence-electron chi connectivity index (χ3n) is 3.54. The maximum Gasteiger partial charge on any atom is 0.263 e. The normalized spacial score (nSPS) is 13.9. The number of amides is 2. The van der Waals surface area contributed by atoms with Gasteiger partial charge in [0.2, 0.25) is 0 Å². The van der Waals surface area contributed by atoms with Gasteiger partial charge in [-0.3, -0.25) is 20.2 Å². The molecule has 1 aliphatic rings. The number of rotatable bonds is 4. The average Bonchev–Trinajstić information content (AvgIpc) is 2.60. The summed E-state index contributed by atoms with van der Waals surface area (Å²) >= 11 is 16.7. The number of benzene rings is 2. The Morgan fingerprint density at radius 3 is 2.38 bits per heavy atom. The Morgan fingerprint density at radius 2 is 1.69 bits per heavy atom. The first-order chi connectivity index (χ1) is 12.4. The number of halogens is 2. The van der Waals surface area contributed by atoms with E-state index in [-0.39, 0.29) is 17.3 Å². The van der Waals surface area contributed by atoms with Crippen molar-refractivity contribution in [2.24, 2.45) is 0 Å². The van der Waals surface area contributed by atoms with E-state index < -0.39 is 11.8 Å². The second-order valence-corrected chi connectivity index (χ2v) is 6.59. The fourth-order valence-electron chi connectivity index (χ4n) is 2.28. The van der Waals surface area contributed by atoms with Crippen molar-refractivity contribution in [2.75, 3.05) is 0 Å². The molecular weight excluding hydrogens is 395 g/mol. The molecule has 2 aromatic carbocycles. The quantitative estimate of drug-likeness (QED) is 0.463. The molecule has 0 aliphatic carbocycles. The van der Waals surface area contributed by atoms with Crippen LogP contribution in [-0.4, -0.2) is 16.9 Å². The molecule has 2 amide bonds. The van der Waals surface area contributed by atoms with E-state index in [4.69, 9.17) is 40.2 Å². The number of nitrogens with one attached hydrogen (secondary N) is 2. The molecule has 1 aliphatic heterocycles. The van der Waals surface area contributed by atoms with Crippen LogP contribution in [0.25, 0.3) is 6.08 Å². The lowest BCUT2D eigenvalue weighted by Gasteiger charge is -2.17. The van der Waals surface area contributed by atoms with Gasteiger partial charge >= 0.3 is 0 Å². The molecule has 0 radical (unpaired) electrons. The first kappa shape index (κ1) is 18.4. The number of ether oxygens (including phenoxy) is 1. The Kier molecular flexibility index (Phi) is 5.56. The van der Waals surface area contributed by atoms with E-state index in [1.807, 2.05) is 0 Å². The largest absolute Gasteiger partial charge is 0.488 e.